The van der Waals surface area contributed by atoms with E-state index >= 15 is 0 Å². The number of benzene rings is 1. The molecule has 0 spiro atoms. The minimum atomic E-state index is 0.765. The fourth-order valence-corrected chi connectivity index (χ4v) is 2.11. The van der Waals surface area contributed by atoms with Crippen LogP contribution in [-0.4, -0.2) is 16.5 Å². The lowest BCUT2D eigenvalue weighted by Crippen LogP contribution is -2.12. The number of rotatable bonds is 5. The van der Waals surface area contributed by atoms with Crippen molar-refractivity contribution in [1.82, 2.24) is 15.3 Å². The normalized spacial score (nSPS) is 10.6. The van der Waals surface area contributed by atoms with Gasteiger partial charge in [0, 0.05) is 35.4 Å². The first-order valence-corrected chi connectivity index (χ1v) is 6.82. The van der Waals surface area contributed by atoms with Crippen LogP contribution in [-0.2, 0) is 13.0 Å². The highest BCUT2D eigenvalue weighted by atomic mass is 79.9. The van der Waals surface area contributed by atoms with Crippen molar-refractivity contribution in [2.75, 3.05) is 6.54 Å². The van der Waals surface area contributed by atoms with Crippen LogP contribution >= 0.6 is 15.9 Å². The zero-order valence-electron chi connectivity index (χ0n) is 10.4. The van der Waals surface area contributed by atoms with E-state index in [1.807, 2.05) is 24.5 Å². The van der Waals surface area contributed by atoms with Gasteiger partial charge in [-0.1, -0.05) is 35.0 Å². The van der Waals surface area contributed by atoms with Crippen molar-refractivity contribution in [2.24, 2.45) is 0 Å². The van der Waals surface area contributed by atoms with Crippen LogP contribution in [0.25, 0.3) is 0 Å². The summed E-state index contributed by atoms with van der Waals surface area (Å²) in [5.41, 5.74) is 2.33. The average molecular weight is 306 g/mol. The monoisotopic (exact) mass is 305 g/mol. The van der Waals surface area contributed by atoms with Gasteiger partial charge in [-0.15, -0.1) is 0 Å². The summed E-state index contributed by atoms with van der Waals surface area (Å²) in [7, 11) is 0. The Balaban J connectivity index is 2.02. The van der Waals surface area contributed by atoms with Crippen LogP contribution in [0.3, 0.4) is 0 Å². The molecule has 0 saturated heterocycles. The number of nitrogens with zero attached hydrogens (tertiary/aromatic N) is 2. The molecule has 0 saturated carbocycles. The van der Waals surface area contributed by atoms with Crippen molar-refractivity contribution in [3.8, 4) is 0 Å². The Kier molecular flexibility index (Phi) is 4.84. The largest absolute Gasteiger partial charge is 0.313 e. The second kappa shape index (κ2) is 6.61. The van der Waals surface area contributed by atoms with E-state index in [0.29, 0.717) is 0 Å². The second-order valence-electron chi connectivity index (χ2n) is 4.09. The molecular weight excluding hydrogens is 290 g/mol. The molecule has 1 aromatic heterocycles. The number of halogens is 1. The molecule has 18 heavy (non-hydrogen) atoms. The predicted molar refractivity (Wildman–Crippen MR) is 76.4 cm³/mol. The fraction of sp³-hybridized carbons (Fsp3) is 0.286. The van der Waals surface area contributed by atoms with Crippen LogP contribution in [0.1, 0.15) is 23.9 Å². The van der Waals surface area contributed by atoms with E-state index < -0.39 is 0 Å². The van der Waals surface area contributed by atoms with Crippen LogP contribution in [0.4, 0.5) is 0 Å². The standard InChI is InChI=1S/C14H16BrN3/c1-2-16-8-12-9-17-14(18-10-12)7-11-4-3-5-13(15)6-11/h3-6,9-10,16H,2,7-8H2,1H3. The van der Waals surface area contributed by atoms with Crippen molar-refractivity contribution in [2.45, 2.75) is 19.9 Å². The molecule has 0 bridgehead atoms. The van der Waals surface area contributed by atoms with Gasteiger partial charge in [0.25, 0.3) is 0 Å². The van der Waals surface area contributed by atoms with Crippen molar-refractivity contribution in [3.05, 3.63) is 58.1 Å². The number of aromatic nitrogens is 2. The Morgan fingerprint density at radius 2 is 1.94 bits per heavy atom. The van der Waals surface area contributed by atoms with Gasteiger partial charge in [0.2, 0.25) is 0 Å². The summed E-state index contributed by atoms with van der Waals surface area (Å²) >= 11 is 3.47. The molecule has 94 valence electrons. The second-order valence-corrected chi connectivity index (χ2v) is 5.01. The molecule has 0 atom stereocenters. The predicted octanol–water partition coefficient (Wildman–Crippen LogP) is 2.94. The first-order chi connectivity index (χ1) is 8.78. The van der Waals surface area contributed by atoms with Crippen LogP contribution < -0.4 is 5.32 Å². The Labute approximate surface area is 116 Å². The number of nitrogens with one attached hydrogen (secondary N) is 1. The molecule has 0 amide bonds. The third kappa shape index (κ3) is 3.89. The lowest BCUT2D eigenvalue weighted by molar-refractivity contribution is 0.718. The SMILES string of the molecule is CCNCc1cnc(Cc2cccc(Br)c2)nc1. The van der Waals surface area contributed by atoms with E-state index in [0.717, 1.165) is 35.4 Å². The summed E-state index contributed by atoms with van der Waals surface area (Å²) < 4.78 is 1.09. The number of hydrogen-bond acceptors (Lipinski definition) is 3. The molecule has 0 fully saturated rings. The van der Waals surface area contributed by atoms with Gasteiger partial charge >= 0.3 is 0 Å². The van der Waals surface area contributed by atoms with Crippen molar-refractivity contribution < 1.29 is 0 Å². The van der Waals surface area contributed by atoms with E-state index in [2.05, 4.69) is 50.3 Å². The van der Waals surface area contributed by atoms with Crippen molar-refractivity contribution >= 4 is 15.9 Å². The average Bonchev–Trinajstić information content (AvgIpc) is 2.38. The molecule has 1 aromatic carbocycles. The van der Waals surface area contributed by atoms with Gasteiger partial charge in [-0.2, -0.15) is 0 Å². The smallest absolute Gasteiger partial charge is 0.132 e. The summed E-state index contributed by atoms with van der Waals surface area (Å²) in [6.45, 7) is 3.87. The molecule has 2 aromatic rings. The van der Waals surface area contributed by atoms with E-state index in [9.17, 15) is 0 Å². The Hall–Kier alpha value is -1.26. The van der Waals surface area contributed by atoms with E-state index in [-0.39, 0.29) is 0 Å². The van der Waals surface area contributed by atoms with Gasteiger partial charge < -0.3 is 5.32 Å². The van der Waals surface area contributed by atoms with Crippen molar-refractivity contribution in [3.63, 3.8) is 0 Å². The minimum absolute atomic E-state index is 0.765. The zero-order valence-corrected chi connectivity index (χ0v) is 11.9. The topological polar surface area (TPSA) is 37.8 Å². The summed E-state index contributed by atoms with van der Waals surface area (Å²) in [6, 6.07) is 8.22. The van der Waals surface area contributed by atoms with Crippen LogP contribution in [0.2, 0.25) is 0 Å². The van der Waals surface area contributed by atoms with E-state index in [4.69, 9.17) is 0 Å². The third-order valence-corrected chi connectivity index (χ3v) is 3.08. The van der Waals surface area contributed by atoms with Crippen LogP contribution in [0.5, 0.6) is 0 Å². The summed E-state index contributed by atoms with van der Waals surface area (Å²) in [6.07, 6.45) is 4.55. The molecule has 0 aliphatic rings. The van der Waals surface area contributed by atoms with E-state index in [1.165, 1.54) is 5.56 Å². The highest BCUT2D eigenvalue weighted by Crippen LogP contribution is 2.13. The van der Waals surface area contributed by atoms with Gasteiger partial charge in [0.15, 0.2) is 0 Å². The maximum Gasteiger partial charge on any atom is 0.132 e. The quantitative estimate of drug-likeness (QED) is 0.923. The first-order valence-electron chi connectivity index (χ1n) is 6.03. The highest BCUT2D eigenvalue weighted by Gasteiger charge is 2.00. The summed E-state index contributed by atoms with van der Waals surface area (Å²) in [5, 5.41) is 3.25. The first kappa shape index (κ1) is 13.2. The molecule has 4 heteroatoms. The maximum atomic E-state index is 4.39. The van der Waals surface area contributed by atoms with E-state index in [1.54, 1.807) is 0 Å². The molecule has 2 rings (SSSR count). The van der Waals surface area contributed by atoms with Crippen LogP contribution in [0, 0.1) is 0 Å². The molecule has 0 unspecified atom stereocenters. The molecule has 1 N–H and O–H groups in total. The number of hydrogen-bond donors (Lipinski definition) is 1. The Bertz CT molecular complexity index is 497. The lowest BCUT2D eigenvalue weighted by Gasteiger charge is -2.04. The van der Waals surface area contributed by atoms with Gasteiger partial charge in [-0.3, -0.25) is 0 Å². The molecule has 0 aliphatic carbocycles. The Morgan fingerprint density at radius 1 is 1.17 bits per heavy atom. The van der Waals surface area contributed by atoms with Gasteiger partial charge in [0.05, 0.1) is 0 Å². The fourth-order valence-electron chi connectivity index (χ4n) is 1.66. The summed E-state index contributed by atoms with van der Waals surface area (Å²) in [5.74, 6) is 0.855. The molecular formula is C14H16BrN3. The van der Waals surface area contributed by atoms with Crippen molar-refractivity contribution in [1.29, 1.82) is 0 Å². The lowest BCUT2D eigenvalue weighted by atomic mass is 10.1. The highest BCUT2D eigenvalue weighted by molar-refractivity contribution is 9.10. The molecule has 3 nitrogen and oxygen atoms in total. The third-order valence-electron chi connectivity index (χ3n) is 2.59. The maximum absolute atomic E-state index is 4.39. The van der Waals surface area contributed by atoms with Gasteiger partial charge in [0.1, 0.15) is 5.82 Å². The van der Waals surface area contributed by atoms with Gasteiger partial charge in [-0.05, 0) is 24.2 Å². The van der Waals surface area contributed by atoms with Gasteiger partial charge in [-0.25, -0.2) is 9.97 Å². The molecule has 1 heterocycles. The minimum Gasteiger partial charge on any atom is -0.313 e. The Morgan fingerprint density at radius 3 is 2.61 bits per heavy atom. The molecule has 0 aliphatic heterocycles. The zero-order chi connectivity index (χ0) is 12.8. The molecule has 0 radical (unpaired) electrons. The summed E-state index contributed by atoms with van der Waals surface area (Å²) in [4.78, 5) is 8.78. The van der Waals surface area contributed by atoms with Crippen LogP contribution in [0.15, 0.2) is 41.1 Å².